The number of carbonyl (C=O) groups is 1. The Morgan fingerprint density at radius 1 is 1.06 bits per heavy atom. The SMILES string of the molecule is CCCCCC1(CC(=O)OC(C)(C)C)Nc2ccc(NS(=O)(=O)c3ccc(F)cc3)cc2N1. The third kappa shape index (κ3) is 6.60. The molecule has 0 saturated carbocycles. The molecular weight excluding hydrogens is 445 g/mol. The van der Waals surface area contributed by atoms with Gasteiger partial charge in [0.25, 0.3) is 10.0 Å². The van der Waals surface area contributed by atoms with E-state index in [4.69, 9.17) is 4.74 Å². The molecule has 0 saturated heterocycles. The van der Waals surface area contributed by atoms with E-state index in [-0.39, 0.29) is 17.3 Å². The van der Waals surface area contributed by atoms with E-state index >= 15 is 0 Å². The fraction of sp³-hybridized carbons (Fsp3) is 0.458. The van der Waals surface area contributed by atoms with E-state index in [1.54, 1.807) is 18.2 Å². The molecule has 1 aliphatic rings. The first-order valence-electron chi connectivity index (χ1n) is 11.1. The highest BCUT2D eigenvalue weighted by atomic mass is 32.2. The van der Waals surface area contributed by atoms with Gasteiger partial charge in [-0.1, -0.05) is 19.8 Å². The number of esters is 1. The number of hydrogen-bond donors (Lipinski definition) is 3. The van der Waals surface area contributed by atoms with Crippen LogP contribution in [0.1, 0.15) is 59.8 Å². The lowest BCUT2D eigenvalue weighted by Crippen LogP contribution is -2.45. The minimum atomic E-state index is -3.87. The molecule has 9 heteroatoms. The third-order valence-electron chi connectivity index (χ3n) is 5.22. The number of hydrogen-bond acceptors (Lipinski definition) is 6. The van der Waals surface area contributed by atoms with E-state index in [2.05, 4.69) is 22.3 Å². The summed E-state index contributed by atoms with van der Waals surface area (Å²) >= 11 is 0. The molecule has 1 aliphatic heterocycles. The summed E-state index contributed by atoms with van der Waals surface area (Å²) in [5, 5.41) is 6.82. The molecule has 3 rings (SSSR count). The van der Waals surface area contributed by atoms with Gasteiger partial charge in [0.15, 0.2) is 0 Å². The lowest BCUT2D eigenvalue weighted by atomic mass is 9.98. The maximum Gasteiger partial charge on any atom is 0.310 e. The molecule has 0 bridgehead atoms. The van der Waals surface area contributed by atoms with Crippen LogP contribution in [0, 0.1) is 5.82 Å². The molecule has 0 aliphatic carbocycles. The second-order valence-corrected chi connectivity index (χ2v) is 11.1. The van der Waals surface area contributed by atoms with Crippen molar-refractivity contribution in [2.45, 2.75) is 76.0 Å². The number of unbranched alkanes of at least 4 members (excludes halogenated alkanes) is 2. The van der Waals surface area contributed by atoms with Gasteiger partial charge in [-0.2, -0.15) is 0 Å². The fourth-order valence-electron chi connectivity index (χ4n) is 3.80. The largest absolute Gasteiger partial charge is 0.460 e. The summed E-state index contributed by atoms with van der Waals surface area (Å²) in [7, 11) is -3.87. The van der Waals surface area contributed by atoms with Crippen molar-refractivity contribution in [1.82, 2.24) is 0 Å². The number of anilines is 3. The lowest BCUT2D eigenvalue weighted by molar-refractivity contribution is -0.155. The molecule has 2 aromatic carbocycles. The molecule has 2 aromatic rings. The summed E-state index contributed by atoms with van der Waals surface area (Å²) in [6.45, 7) is 7.61. The second kappa shape index (κ2) is 9.59. The highest BCUT2D eigenvalue weighted by molar-refractivity contribution is 7.92. The van der Waals surface area contributed by atoms with Crippen LogP contribution in [0.25, 0.3) is 0 Å². The first-order valence-corrected chi connectivity index (χ1v) is 12.6. The van der Waals surface area contributed by atoms with Crippen LogP contribution in [-0.2, 0) is 19.6 Å². The van der Waals surface area contributed by atoms with Gasteiger partial charge in [0.2, 0.25) is 0 Å². The Bertz CT molecular complexity index is 1100. The fourth-order valence-corrected chi connectivity index (χ4v) is 4.85. The molecule has 3 N–H and O–H groups in total. The van der Waals surface area contributed by atoms with Crippen molar-refractivity contribution >= 4 is 33.1 Å². The molecule has 1 unspecified atom stereocenters. The number of sulfonamides is 1. The van der Waals surface area contributed by atoms with E-state index in [1.807, 2.05) is 20.8 Å². The van der Waals surface area contributed by atoms with Crippen molar-refractivity contribution in [1.29, 1.82) is 0 Å². The van der Waals surface area contributed by atoms with Gasteiger partial charge < -0.3 is 15.4 Å². The molecule has 180 valence electrons. The zero-order valence-electron chi connectivity index (χ0n) is 19.5. The first-order chi connectivity index (χ1) is 15.4. The van der Waals surface area contributed by atoms with Crippen molar-refractivity contribution in [3.8, 4) is 0 Å². The topological polar surface area (TPSA) is 96.5 Å². The molecule has 1 heterocycles. The summed E-state index contributed by atoms with van der Waals surface area (Å²) in [4.78, 5) is 12.6. The highest BCUT2D eigenvalue weighted by Gasteiger charge is 2.39. The zero-order chi connectivity index (χ0) is 24.3. The molecule has 0 aromatic heterocycles. The van der Waals surface area contributed by atoms with Crippen LogP contribution in [0.5, 0.6) is 0 Å². The summed E-state index contributed by atoms with van der Waals surface area (Å²) in [6.07, 6.45) is 3.81. The average molecular weight is 478 g/mol. The Hall–Kier alpha value is -2.81. The van der Waals surface area contributed by atoms with Crippen molar-refractivity contribution in [2.75, 3.05) is 15.4 Å². The Morgan fingerprint density at radius 3 is 2.36 bits per heavy atom. The predicted molar refractivity (Wildman–Crippen MR) is 128 cm³/mol. The number of benzene rings is 2. The number of ether oxygens (including phenoxy) is 1. The van der Waals surface area contributed by atoms with E-state index in [0.717, 1.165) is 37.1 Å². The Morgan fingerprint density at radius 2 is 1.73 bits per heavy atom. The standard InChI is InChI=1S/C24H32FN3O4S/c1-5-6-7-14-24(16-22(29)32-23(2,3)4)26-20-13-10-18(15-21(20)27-24)28-33(30,31)19-11-8-17(25)9-12-19/h8-13,15,26-28H,5-7,14,16H2,1-4H3. The van der Waals surface area contributed by atoms with Gasteiger partial charge in [0.05, 0.1) is 28.4 Å². The smallest absolute Gasteiger partial charge is 0.310 e. The van der Waals surface area contributed by atoms with Gasteiger partial charge in [-0.05, 0) is 76.1 Å². The van der Waals surface area contributed by atoms with E-state index in [9.17, 15) is 17.6 Å². The number of halogens is 1. The Kier molecular flexibility index (Phi) is 7.21. The average Bonchev–Trinajstić information content (AvgIpc) is 3.03. The Labute approximate surface area is 195 Å². The summed E-state index contributed by atoms with van der Waals surface area (Å²) < 4.78 is 46.5. The number of carbonyl (C=O) groups excluding carboxylic acids is 1. The van der Waals surface area contributed by atoms with Crippen molar-refractivity contribution in [3.05, 3.63) is 48.3 Å². The zero-order valence-corrected chi connectivity index (χ0v) is 20.3. The van der Waals surface area contributed by atoms with Crippen LogP contribution in [0.2, 0.25) is 0 Å². The normalized spacial score (nSPS) is 17.6. The minimum absolute atomic E-state index is 0.0330. The molecule has 33 heavy (non-hydrogen) atoms. The van der Waals surface area contributed by atoms with Crippen molar-refractivity contribution in [3.63, 3.8) is 0 Å². The van der Waals surface area contributed by atoms with Gasteiger partial charge in [-0.25, -0.2) is 12.8 Å². The lowest BCUT2D eigenvalue weighted by Gasteiger charge is -2.31. The molecule has 1 atom stereocenters. The molecular formula is C24H32FN3O4S. The summed E-state index contributed by atoms with van der Waals surface area (Å²) in [5.41, 5.74) is 0.524. The highest BCUT2D eigenvalue weighted by Crippen LogP contribution is 2.40. The first kappa shape index (κ1) is 24.8. The van der Waals surface area contributed by atoms with Gasteiger partial charge >= 0.3 is 5.97 Å². The third-order valence-corrected chi connectivity index (χ3v) is 6.61. The van der Waals surface area contributed by atoms with Gasteiger partial charge in [-0.15, -0.1) is 0 Å². The van der Waals surface area contributed by atoms with Crippen LogP contribution in [0.15, 0.2) is 47.4 Å². The second-order valence-electron chi connectivity index (χ2n) is 9.37. The number of rotatable bonds is 9. The molecule has 7 nitrogen and oxygen atoms in total. The van der Waals surface area contributed by atoms with E-state index in [1.165, 1.54) is 12.1 Å². The van der Waals surface area contributed by atoms with Gasteiger partial charge in [0.1, 0.15) is 17.1 Å². The quantitative estimate of drug-likeness (QED) is 0.327. The number of nitrogens with one attached hydrogen (secondary N) is 3. The molecule has 0 spiro atoms. The monoisotopic (exact) mass is 477 g/mol. The van der Waals surface area contributed by atoms with Crippen LogP contribution in [0.3, 0.4) is 0 Å². The van der Waals surface area contributed by atoms with Crippen molar-refractivity contribution in [2.24, 2.45) is 0 Å². The van der Waals surface area contributed by atoms with Crippen LogP contribution < -0.4 is 15.4 Å². The molecule has 0 fully saturated rings. The van der Waals surface area contributed by atoms with Crippen LogP contribution >= 0.6 is 0 Å². The van der Waals surface area contributed by atoms with E-state index < -0.39 is 27.1 Å². The molecule has 0 radical (unpaired) electrons. The van der Waals surface area contributed by atoms with Gasteiger partial charge in [-0.3, -0.25) is 9.52 Å². The van der Waals surface area contributed by atoms with Crippen LogP contribution in [-0.4, -0.2) is 25.7 Å². The maximum atomic E-state index is 13.2. The molecule has 0 amide bonds. The predicted octanol–water partition coefficient (Wildman–Crippen LogP) is 5.47. The van der Waals surface area contributed by atoms with Crippen LogP contribution in [0.4, 0.5) is 21.5 Å². The van der Waals surface area contributed by atoms with E-state index in [0.29, 0.717) is 17.8 Å². The summed E-state index contributed by atoms with van der Waals surface area (Å²) in [5.74, 6) is -0.824. The number of fused-ring (bicyclic) bond motifs is 1. The minimum Gasteiger partial charge on any atom is -0.460 e. The maximum absolute atomic E-state index is 13.2. The summed E-state index contributed by atoms with van der Waals surface area (Å²) in [6, 6.07) is 9.72. The van der Waals surface area contributed by atoms with Crippen molar-refractivity contribution < 1.29 is 22.3 Å². The van der Waals surface area contributed by atoms with Gasteiger partial charge in [0, 0.05) is 0 Å². The Balaban J connectivity index is 1.79.